The molecule has 0 unspecified atom stereocenters. The Morgan fingerprint density at radius 1 is 1.00 bits per heavy atom. The van der Waals surface area contributed by atoms with Crippen molar-refractivity contribution in [1.82, 2.24) is 0 Å². The van der Waals surface area contributed by atoms with Crippen LogP contribution in [0.1, 0.15) is 36.8 Å². The van der Waals surface area contributed by atoms with Crippen LogP contribution in [0.15, 0.2) is 42.0 Å². The molecular formula is C21H24N+. The van der Waals surface area contributed by atoms with Crippen molar-refractivity contribution >= 4 is 16.8 Å². The zero-order valence-electron chi connectivity index (χ0n) is 13.4. The van der Waals surface area contributed by atoms with E-state index in [1.165, 1.54) is 59.8 Å². The third-order valence-corrected chi connectivity index (χ3v) is 6.52. The van der Waals surface area contributed by atoms with E-state index in [1.54, 1.807) is 11.1 Å². The van der Waals surface area contributed by atoms with Gasteiger partial charge in [0.05, 0.1) is 19.6 Å². The highest BCUT2D eigenvalue weighted by Crippen LogP contribution is 2.47. The van der Waals surface area contributed by atoms with Gasteiger partial charge in [-0.3, -0.25) is 0 Å². The Labute approximate surface area is 132 Å². The SMILES string of the molecule is C[C@H]1c2ccc3ccccc3c2C=C2C[N+]3(CCCC3)C[C@H]21. The minimum Gasteiger partial charge on any atom is -0.320 e. The van der Waals surface area contributed by atoms with Gasteiger partial charge in [-0.05, 0) is 39.5 Å². The first-order valence-corrected chi connectivity index (χ1v) is 8.83. The first-order valence-electron chi connectivity index (χ1n) is 8.83. The topological polar surface area (TPSA) is 0 Å². The molecule has 2 aromatic carbocycles. The molecule has 2 fully saturated rings. The summed E-state index contributed by atoms with van der Waals surface area (Å²) in [7, 11) is 0. The van der Waals surface area contributed by atoms with Crippen LogP contribution in [0.5, 0.6) is 0 Å². The van der Waals surface area contributed by atoms with Gasteiger partial charge in [0.15, 0.2) is 0 Å². The minimum absolute atomic E-state index is 0.678. The van der Waals surface area contributed by atoms with Crippen molar-refractivity contribution in [3.63, 3.8) is 0 Å². The molecule has 0 radical (unpaired) electrons. The normalized spacial score (nSPS) is 28.7. The van der Waals surface area contributed by atoms with Gasteiger partial charge in [0, 0.05) is 18.8 Å². The van der Waals surface area contributed by atoms with Crippen LogP contribution in [-0.4, -0.2) is 30.7 Å². The standard InChI is InChI=1S/C21H24N/c1-15-18-9-8-16-6-2-3-7-19(16)20(18)12-17-13-22(14-21(15)17)10-4-5-11-22/h2-3,6-9,12,15,21H,4-5,10-11,13-14H2,1H3/q+1/t15-,21-/m0/s1. The number of quaternary nitrogens is 1. The second-order valence-corrected chi connectivity index (χ2v) is 7.74. The van der Waals surface area contributed by atoms with E-state index in [2.05, 4.69) is 49.4 Å². The van der Waals surface area contributed by atoms with Crippen LogP contribution in [0.2, 0.25) is 0 Å². The third-order valence-electron chi connectivity index (χ3n) is 6.52. The van der Waals surface area contributed by atoms with Crippen molar-refractivity contribution in [2.75, 3.05) is 26.2 Å². The zero-order chi connectivity index (χ0) is 14.7. The molecule has 2 aliphatic heterocycles. The van der Waals surface area contributed by atoms with Gasteiger partial charge in [0.1, 0.15) is 6.54 Å². The highest BCUT2D eigenvalue weighted by Gasteiger charge is 2.47. The number of benzene rings is 2. The molecule has 2 saturated heterocycles. The summed E-state index contributed by atoms with van der Waals surface area (Å²) < 4.78 is 1.38. The average molecular weight is 290 g/mol. The highest BCUT2D eigenvalue weighted by atomic mass is 15.4. The summed E-state index contributed by atoms with van der Waals surface area (Å²) >= 11 is 0. The maximum absolute atomic E-state index is 2.56. The average Bonchev–Trinajstić information content (AvgIpc) is 3.14. The predicted molar refractivity (Wildman–Crippen MR) is 92.8 cm³/mol. The van der Waals surface area contributed by atoms with Crippen LogP contribution in [0.25, 0.3) is 16.8 Å². The molecule has 0 bridgehead atoms. The van der Waals surface area contributed by atoms with Gasteiger partial charge >= 0.3 is 0 Å². The highest BCUT2D eigenvalue weighted by molar-refractivity contribution is 5.93. The van der Waals surface area contributed by atoms with Gasteiger partial charge in [-0.15, -0.1) is 0 Å². The number of hydrogen-bond donors (Lipinski definition) is 0. The Bertz CT molecular complexity index is 780. The number of fused-ring (bicyclic) bond motifs is 4. The van der Waals surface area contributed by atoms with E-state index >= 15 is 0 Å². The molecular weight excluding hydrogens is 266 g/mol. The molecule has 0 aromatic heterocycles. The molecule has 0 saturated carbocycles. The van der Waals surface area contributed by atoms with E-state index in [0.717, 1.165) is 5.92 Å². The molecule has 1 aliphatic carbocycles. The van der Waals surface area contributed by atoms with Crippen LogP contribution < -0.4 is 0 Å². The molecule has 1 nitrogen and oxygen atoms in total. The molecule has 22 heavy (non-hydrogen) atoms. The lowest BCUT2D eigenvalue weighted by Crippen LogP contribution is -2.43. The summed E-state index contributed by atoms with van der Waals surface area (Å²) in [5.41, 5.74) is 4.82. The monoisotopic (exact) mass is 290 g/mol. The largest absolute Gasteiger partial charge is 0.320 e. The summed E-state index contributed by atoms with van der Waals surface area (Å²) in [4.78, 5) is 0. The maximum atomic E-state index is 2.56. The Balaban J connectivity index is 1.67. The number of rotatable bonds is 0. The summed E-state index contributed by atoms with van der Waals surface area (Å²) in [5, 5.41) is 2.82. The van der Waals surface area contributed by atoms with Gasteiger partial charge in [0.2, 0.25) is 0 Å². The fraction of sp³-hybridized carbons (Fsp3) is 0.429. The van der Waals surface area contributed by atoms with Crippen molar-refractivity contribution in [3.8, 4) is 0 Å². The van der Waals surface area contributed by atoms with Gasteiger partial charge in [-0.1, -0.05) is 43.3 Å². The second kappa shape index (κ2) is 4.45. The molecule has 0 amide bonds. The predicted octanol–water partition coefficient (Wildman–Crippen LogP) is 4.58. The summed E-state index contributed by atoms with van der Waals surface area (Å²) in [5.74, 6) is 1.46. The first kappa shape index (κ1) is 12.9. The third kappa shape index (κ3) is 1.69. The Morgan fingerprint density at radius 3 is 2.68 bits per heavy atom. The maximum Gasteiger partial charge on any atom is 0.101 e. The number of nitrogens with zero attached hydrogens (tertiary/aromatic N) is 1. The van der Waals surface area contributed by atoms with E-state index in [1.807, 2.05) is 0 Å². The van der Waals surface area contributed by atoms with Crippen molar-refractivity contribution in [1.29, 1.82) is 0 Å². The fourth-order valence-electron chi connectivity index (χ4n) is 5.36. The van der Waals surface area contributed by atoms with Crippen LogP contribution in [0.3, 0.4) is 0 Å². The summed E-state index contributed by atoms with van der Waals surface area (Å²) in [6.07, 6.45) is 5.43. The second-order valence-electron chi connectivity index (χ2n) is 7.74. The van der Waals surface area contributed by atoms with Crippen molar-refractivity contribution in [3.05, 3.63) is 53.1 Å². The van der Waals surface area contributed by atoms with E-state index in [9.17, 15) is 0 Å². The minimum atomic E-state index is 0.678. The molecule has 5 rings (SSSR count). The van der Waals surface area contributed by atoms with Gasteiger partial charge in [-0.2, -0.15) is 0 Å². The first-order chi connectivity index (χ1) is 10.8. The molecule has 1 spiro atoms. The molecule has 3 aliphatic rings. The Morgan fingerprint density at radius 2 is 1.82 bits per heavy atom. The summed E-state index contributed by atoms with van der Waals surface area (Å²) in [6.45, 7) is 8.00. The van der Waals surface area contributed by atoms with Crippen molar-refractivity contribution < 1.29 is 4.48 Å². The van der Waals surface area contributed by atoms with E-state index < -0.39 is 0 Å². The zero-order valence-corrected chi connectivity index (χ0v) is 13.4. The lowest BCUT2D eigenvalue weighted by molar-refractivity contribution is -0.904. The molecule has 2 aromatic rings. The van der Waals surface area contributed by atoms with Gasteiger partial charge in [-0.25, -0.2) is 0 Å². The smallest absolute Gasteiger partial charge is 0.101 e. The number of hydrogen-bond acceptors (Lipinski definition) is 0. The van der Waals surface area contributed by atoms with Crippen molar-refractivity contribution in [2.45, 2.75) is 25.7 Å². The van der Waals surface area contributed by atoms with E-state index in [4.69, 9.17) is 0 Å². The Hall–Kier alpha value is -1.60. The lowest BCUT2D eigenvalue weighted by Gasteiger charge is -2.30. The lowest BCUT2D eigenvalue weighted by atomic mass is 9.76. The molecule has 112 valence electrons. The van der Waals surface area contributed by atoms with E-state index in [-0.39, 0.29) is 0 Å². The summed E-state index contributed by atoms with van der Waals surface area (Å²) in [6, 6.07) is 13.6. The van der Waals surface area contributed by atoms with Gasteiger partial charge in [0.25, 0.3) is 0 Å². The molecule has 2 heterocycles. The quantitative estimate of drug-likeness (QED) is 0.623. The molecule has 2 atom stereocenters. The van der Waals surface area contributed by atoms with E-state index in [0.29, 0.717) is 5.92 Å². The van der Waals surface area contributed by atoms with Crippen molar-refractivity contribution in [2.24, 2.45) is 5.92 Å². The molecule has 1 heteroatoms. The fourth-order valence-corrected chi connectivity index (χ4v) is 5.36. The Kier molecular flexibility index (Phi) is 2.61. The molecule has 0 N–H and O–H groups in total. The van der Waals surface area contributed by atoms with Gasteiger partial charge < -0.3 is 4.48 Å². The van der Waals surface area contributed by atoms with Crippen LogP contribution in [-0.2, 0) is 0 Å². The van der Waals surface area contributed by atoms with Crippen LogP contribution in [0.4, 0.5) is 0 Å². The van der Waals surface area contributed by atoms with Crippen LogP contribution in [0, 0.1) is 5.92 Å². The van der Waals surface area contributed by atoms with Crippen LogP contribution >= 0.6 is 0 Å².